The van der Waals surface area contributed by atoms with E-state index in [2.05, 4.69) is 43.2 Å². The molecule has 2 N–H and O–H groups in total. The van der Waals surface area contributed by atoms with Gasteiger partial charge in [-0.25, -0.2) is 9.18 Å². The van der Waals surface area contributed by atoms with Crippen LogP contribution in [-0.2, 0) is 4.79 Å². The lowest BCUT2D eigenvalue weighted by molar-refractivity contribution is -0.135. The van der Waals surface area contributed by atoms with Crippen LogP contribution in [0, 0.1) is 23.6 Å². The fourth-order valence-electron chi connectivity index (χ4n) is 3.49. The fraction of sp³-hybridized carbons (Fsp3) is 0.440. The molecule has 0 bridgehead atoms. The molecule has 3 rings (SSSR count). The van der Waals surface area contributed by atoms with Crippen LogP contribution in [0.25, 0.3) is 0 Å². The summed E-state index contributed by atoms with van der Waals surface area (Å²) in [5.41, 5.74) is 1.23. The van der Waals surface area contributed by atoms with Gasteiger partial charge in [-0.3, -0.25) is 4.79 Å². The van der Waals surface area contributed by atoms with Crippen LogP contribution in [-0.4, -0.2) is 25.1 Å². The number of para-hydroxylation sites is 2. The van der Waals surface area contributed by atoms with E-state index in [1.54, 1.807) is 18.2 Å². The number of carbonyl (C=O) groups excluding carboxylic acids is 2. The second kappa shape index (κ2) is 10.5. The molecule has 0 aromatic heterocycles. The minimum absolute atomic E-state index is 0.0697. The molecule has 1 aliphatic rings. The molecule has 1 saturated carbocycles. The number of carbonyl (C=O) groups is 2. The van der Waals surface area contributed by atoms with Crippen LogP contribution in [0.5, 0.6) is 5.75 Å². The Morgan fingerprint density at radius 3 is 2.25 bits per heavy atom. The monoisotopic (exact) mass is 441 g/mol. The van der Waals surface area contributed by atoms with Gasteiger partial charge >= 0.3 is 12.0 Å². The molecular weight excluding hydrogens is 409 g/mol. The quantitative estimate of drug-likeness (QED) is 0.375. The van der Waals surface area contributed by atoms with Crippen LogP contribution in [0.2, 0.25) is 0 Å². The average Bonchev–Trinajstić information content (AvgIpc) is 3.55. The molecule has 172 valence electrons. The Balaban J connectivity index is 1.93. The van der Waals surface area contributed by atoms with E-state index in [9.17, 15) is 14.0 Å². The lowest BCUT2D eigenvalue weighted by atomic mass is 10.1. The first-order valence-corrected chi connectivity index (χ1v) is 11.2. The van der Waals surface area contributed by atoms with Gasteiger partial charge in [0.05, 0.1) is 17.3 Å². The van der Waals surface area contributed by atoms with E-state index in [0.717, 1.165) is 31.6 Å². The third-order valence-corrected chi connectivity index (χ3v) is 5.00. The van der Waals surface area contributed by atoms with Crippen molar-refractivity contribution in [1.29, 1.82) is 0 Å². The number of nitrogens with one attached hydrogen (secondary N) is 2. The molecule has 0 spiro atoms. The number of anilines is 3. The van der Waals surface area contributed by atoms with E-state index in [1.807, 2.05) is 12.1 Å². The van der Waals surface area contributed by atoms with E-state index in [1.165, 1.54) is 12.1 Å². The summed E-state index contributed by atoms with van der Waals surface area (Å²) in [7, 11) is 0. The second-order valence-corrected chi connectivity index (χ2v) is 9.10. The number of amides is 2. The lowest BCUT2D eigenvalue weighted by Gasteiger charge is -2.31. The molecule has 0 radical (unpaired) electrons. The molecule has 0 atom stereocenters. The molecule has 2 aromatic carbocycles. The lowest BCUT2D eigenvalue weighted by Crippen LogP contribution is -2.33. The number of halogens is 1. The van der Waals surface area contributed by atoms with Crippen molar-refractivity contribution in [1.82, 2.24) is 0 Å². The number of hydrogen-bond acceptors (Lipinski definition) is 4. The first-order valence-electron chi connectivity index (χ1n) is 11.2. The summed E-state index contributed by atoms with van der Waals surface area (Å²) in [5.74, 6) is 0.149. The molecule has 2 amide bonds. The van der Waals surface area contributed by atoms with E-state index >= 15 is 0 Å². The van der Waals surface area contributed by atoms with Crippen molar-refractivity contribution >= 4 is 29.1 Å². The van der Waals surface area contributed by atoms with Gasteiger partial charge in [0, 0.05) is 13.1 Å². The molecular formula is C25H32FN3O3. The molecule has 2 aromatic rings. The minimum Gasteiger partial charge on any atom is -0.424 e. The maximum atomic E-state index is 14.0. The molecule has 0 heterocycles. The highest BCUT2D eigenvalue weighted by Gasteiger charge is 2.32. The molecule has 0 aliphatic heterocycles. The zero-order chi connectivity index (χ0) is 23.3. The summed E-state index contributed by atoms with van der Waals surface area (Å²) >= 11 is 0. The summed E-state index contributed by atoms with van der Waals surface area (Å²) in [6.45, 7) is 10.0. The van der Waals surface area contributed by atoms with Crippen molar-refractivity contribution in [3.8, 4) is 5.75 Å². The Morgan fingerprint density at radius 2 is 1.66 bits per heavy atom. The largest absolute Gasteiger partial charge is 0.424 e. The molecule has 6 nitrogen and oxygen atoms in total. The van der Waals surface area contributed by atoms with Crippen LogP contribution in [0.15, 0.2) is 42.5 Å². The van der Waals surface area contributed by atoms with Crippen molar-refractivity contribution in [2.75, 3.05) is 28.6 Å². The normalized spacial score (nSPS) is 13.2. The van der Waals surface area contributed by atoms with Crippen LogP contribution >= 0.6 is 0 Å². The van der Waals surface area contributed by atoms with Gasteiger partial charge in [0.25, 0.3) is 0 Å². The van der Waals surface area contributed by atoms with Gasteiger partial charge in [-0.15, -0.1) is 0 Å². The Labute approximate surface area is 189 Å². The number of rotatable bonds is 9. The van der Waals surface area contributed by atoms with Crippen LogP contribution in [0.4, 0.5) is 26.2 Å². The first kappa shape index (κ1) is 23.6. The number of esters is 1. The summed E-state index contributed by atoms with van der Waals surface area (Å²) in [6.07, 6.45) is 1.64. The van der Waals surface area contributed by atoms with Crippen LogP contribution in [0.3, 0.4) is 0 Å². The Morgan fingerprint density at radius 1 is 1.00 bits per heavy atom. The molecule has 1 fully saturated rings. The van der Waals surface area contributed by atoms with Gasteiger partial charge in [0.2, 0.25) is 0 Å². The van der Waals surface area contributed by atoms with E-state index in [-0.39, 0.29) is 17.6 Å². The van der Waals surface area contributed by atoms with Crippen molar-refractivity contribution < 1.29 is 18.7 Å². The average molecular weight is 442 g/mol. The second-order valence-electron chi connectivity index (χ2n) is 9.10. The summed E-state index contributed by atoms with van der Waals surface area (Å²) in [6, 6.07) is 10.7. The number of nitrogens with zero attached hydrogens (tertiary/aromatic N) is 1. The van der Waals surface area contributed by atoms with Crippen LogP contribution in [0.1, 0.15) is 40.5 Å². The van der Waals surface area contributed by atoms with E-state index in [4.69, 9.17) is 4.74 Å². The third kappa shape index (κ3) is 6.45. The van der Waals surface area contributed by atoms with Gasteiger partial charge < -0.3 is 20.3 Å². The number of urea groups is 1. The number of benzene rings is 2. The zero-order valence-corrected chi connectivity index (χ0v) is 19.2. The summed E-state index contributed by atoms with van der Waals surface area (Å²) < 4.78 is 19.7. The third-order valence-electron chi connectivity index (χ3n) is 5.00. The molecule has 32 heavy (non-hydrogen) atoms. The van der Waals surface area contributed by atoms with Crippen molar-refractivity contribution in [2.24, 2.45) is 17.8 Å². The highest BCUT2D eigenvalue weighted by atomic mass is 19.1. The molecule has 7 heteroatoms. The van der Waals surface area contributed by atoms with Gasteiger partial charge in [-0.2, -0.15) is 0 Å². The highest BCUT2D eigenvalue weighted by Crippen LogP contribution is 2.38. The topological polar surface area (TPSA) is 70.7 Å². The van der Waals surface area contributed by atoms with Crippen LogP contribution < -0.4 is 20.3 Å². The summed E-state index contributed by atoms with van der Waals surface area (Å²) in [4.78, 5) is 27.3. The minimum atomic E-state index is -0.611. The Hall–Kier alpha value is -3.09. The molecule has 1 aliphatic carbocycles. The van der Waals surface area contributed by atoms with Crippen molar-refractivity contribution in [2.45, 2.75) is 40.5 Å². The maximum Gasteiger partial charge on any atom is 0.323 e. The maximum absolute atomic E-state index is 14.0. The van der Waals surface area contributed by atoms with Crippen molar-refractivity contribution in [3.63, 3.8) is 0 Å². The van der Waals surface area contributed by atoms with Crippen molar-refractivity contribution in [3.05, 3.63) is 48.3 Å². The van der Waals surface area contributed by atoms with E-state index in [0.29, 0.717) is 23.3 Å². The first-order chi connectivity index (χ1) is 15.2. The predicted molar refractivity (Wildman–Crippen MR) is 126 cm³/mol. The fourth-order valence-corrected chi connectivity index (χ4v) is 3.49. The highest BCUT2D eigenvalue weighted by molar-refractivity contribution is 6.03. The van der Waals surface area contributed by atoms with E-state index < -0.39 is 11.8 Å². The Kier molecular flexibility index (Phi) is 7.72. The predicted octanol–water partition coefficient (Wildman–Crippen LogP) is 5.90. The Bertz CT molecular complexity index is 947. The summed E-state index contributed by atoms with van der Waals surface area (Å²) in [5, 5.41) is 5.35. The van der Waals surface area contributed by atoms with Gasteiger partial charge in [-0.1, -0.05) is 45.9 Å². The van der Waals surface area contributed by atoms with Gasteiger partial charge in [0.1, 0.15) is 11.5 Å². The smallest absolute Gasteiger partial charge is 0.323 e. The van der Waals surface area contributed by atoms with Gasteiger partial charge in [0.15, 0.2) is 5.75 Å². The van der Waals surface area contributed by atoms with Gasteiger partial charge in [-0.05, 0) is 48.9 Å². The standard InChI is InChI=1S/C25H32FN3O3/c1-16(2)14-29(15-17(3)4)21-10-7-11-22(32-24(30)18-12-13-18)23(21)28-25(31)27-20-9-6-5-8-19(20)26/h5-11,16-18H,12-15H2,1-4H3,(H2,27,28,31). The SMILES string of the molecule is CC(C)CN(CC(C)C)c1cccc(OC(=O)C2CC2)c1NC(=O)Nc1ccccc1F. The molecule has 0 saturated heterocycles. The number of hydrogen-bond donors (Lipinski definition) is 2. The zero-order valence-electron chi connectivity index (χ0n) is 19.2. The number of ether oxygens (including phenoxy) is 1. The molecule has 0 unspecified atom stereocenters.